The van der Waals surface area contributed by atoms with Gasteiger partial charge in [-0.3, -0.25) is 0 Å². The van der Waals surface area contributed by atoms with E-state index in [4.69, 9.17) is 21.1 Å². The molecule has 3 rings (SSSR count). The third-order valence-electron chi connectivity index (χ3n) is 4.48. The van der Waals surface area contributed by atoms with Gasteiger partial charge < -0.3 is 19.1 Å². The van der Waals surface area contributed by atoms with Crippen LogP contribution in [0.4, 0.5) is 0 Å². The topological polar surface area (TPSA) is 69.4 Å². The molecule has 6 nitrogen and oxygen atoms in total. The van der Waals surface area contributed by atoms with Crippen molar-refractivity contribution >= 4 is 11.6 Å². The third-order valence-corrected chi connectivity index (χ3v) is 4.73. The summed E-state index contributed by atoms with van der Waals surface area (Å²) in [5.74, 6) is 0. The lowest BCUT2D eigenvalue weighted by atomic mass is 9.70. The van der Waals surface area contributed by atoms with Gasteiger partial charge in [-0.15, -0.1) is 10.2 Å². The van der Waals surface area contributed by atoms with E-state index in [0.29, 0.717) is 18.2 Å². The van der Waals surface area contributed by atoms with Crippen LogP contribution in [-0.2, 0) is 21.6 Å². The van der Waals surface area contributed by atoms with Crippen molar-refractivity contribution in [3.8, 4) is 0 Å². The molecular formula is C16H20ClN3O3. The molecule has 23 heavy (non-hydrogen) atoms. The molecule has 1 aliphatic heterocycles. The number of benzene rings is 1. The molecule has 0 saturated carbocycles. The van der Waals surface area contributed by atoms with Crippen LogP contribution in [0.25, 0.3) is 0 Å². The van der Waals surface area contributed by atoms with Crippen molar-refractivity contribution in [2.75, 3.05) is 13.2 Å². The number of halogens is 1. The minimum Gasteiger partial charge on any atom is -0.383 e. The van der Waals surface area contributed by atoms with Crippen molar-refractivity contribution in [3.63, 3.8) is 0 Å². The Morgan fingerprint density at radius 2 is 1.74 bits per heavy atom. The third kappa shape index (κ3) is 2.99. The maximum absolute atomic E-state index is 11.7. The average molecular weight is 338 g/mol. The lowest BCUT2D eigenvalue weighted by molar-refractivity contribution is -0.211. The Morgan fingerprint density at radius 1 is 1.17 bits per heavy atom. The standard InChI is InChI=1S/C16H20ClN3O3/c1-15(2,14-22-7-8-23-14)16(21,9-20-10-18-19-11-20)12-3-5-13(17)6-4-12/h3-6,10-11,14,21H,7-9H2,1-2H3. The van der Waals surface area contributed by atoms with E-state index in [9.17, 15) is 5.11 Å². The Labute approximate surface area is 140 Å². The van der Waals surface area contributed by atoms with Crippen molar-refractivity contribution in [3.05, 3.63) is 47.5 Å². The van der Waals surface area contributed by atoms with Gasteiger partial charge >= 0.3 is 0 Å². The van der Waals surface area contributed by atoms with Gasteiger partial charge in [-0.2, -0.15) is 0 Å². The van der Waals surface area contributed by atoms with Crippen LogP contribution < -0.4 is 0 Å². The number of rotatable bonds is 5. The zero-order valence-electron chi connectivity index (χ0n) is 13.1. The highest BCUT2D eigenvalue weighted by atomic mass is 35.5. The number of hydrogen-bond donors (Lipinski definition) is 1. The molecule has 1 aromatic heterocycles. The normalized spacial score (nSPS) is 19.0. The minimum absolute atomic E-state index is 0.276. The highest BCUT2D eigenvalue weighted by Gasteiger charge is 2.52. The fourth-order valence-electron chi connectivity index (χ4n) is 2.93. The van der Waals surface area contributed by atoms with Crippen LogP contribution in [0.2, 0.25) is 5.02 Å². The number of aromatic nitrogens is 3. The van der Waals surface area contributed by atoms with Crippen molar-refractivity contribution < 1.29 is 14.6 Å². The zero-order chi connectivity index (χ0) is 16.5. The SMILES string of the molecule is CC(C)(C1OCCO1)C(O)(Cn1cnnc1)c1ccc(Cl)cc1. The molecule has 0 radical (unpaired) electrons. The van der Waals surface area contributed by atoms with Crippen LogP contribution in [-0.4, -0.2) is 39.4 Å². The molecule has 1 aliphatic rings. The summed E-state index contributed by atoms with van der Waals surface area (Å²) in [6.07, 6.45) is 2.65. The second-order valence-electron chi connectivity index (χ2n) is 6.30. The van der Waals surface area contributed by atoms with E-state index in [0.717, 1.165) is 5.56 Å². The summed E-state index contributed by atoms with van der Waals surface area (Å²) >= 11 is 5.99. The van der Waals surface area contributed by atoms with Gasteiger partial charge in [0.25, 0.3) is 0 Å². The molecular weight excluding hydrogens is 318 g/mol. The molecule has 2 heterocycles. The van der Waals surface area contributed by atoms with Gasteiger partial charge in [-0.05, 0) is 17.7 Å². The fraction of sp³-hybridized carbons (Fsp3) is 0.500. The maximum atomic E-state index is 11.7. The predicted molar refractivity (Wildman–Crippen MR) is 84.8 cm³/mol. The first kappa shape index (κ1) is 16.4. The van der Waals surface area contributed by atoms with Crippen LogP contribution in [0.1, 0.15) is 19.4 Å². The summed E-state index contributed by atoms with van der Waals surface area (Å²) in [5, 5.41) is 19.9. The van der Waals surface area contributed by atoms with E-state index in [1.807, 2.05) is 26.0 Å². The molecule has 1 fully saturated rings. The Bertz CT molecular complexity index is 639. The first-order valence-electron chi connectivity index (χ1n) is 7.47. The summed E-state index contributed by atoms with van der Waals surface area (Å²) in [7, 11) is 0. The molecule has 1 atom stereocenters. The first-order valence-corrected chi connectivity index (χ1v) is 7.85. The number of nitrogens with zero attached hydrogens (tertiary/aromatic N) is 3. The van der Waals surface area contributed by atoms with Crippen molar-refractivity contribution in [1.29, 1.82) is 0 Å². The molecule has 1 aromatic carbocycles. The van der Waals surface area contributed by atoms with Gasteiger partial charge in [-0.25, -0.2) is 0 Å². The van der Waals surface area contributed by atoms with Gasteiger partial charge in [0.15, 0.2) is 6.29 Å². The quantitative estimate of drug-likeness (QED) is 0.906. The largest absolute Gasteiger partial charge is 0.383 e. The summed E-state index contributed by atoms with van der Waals surface area (Å²) in [5.41, 5.74) is -1.23. The summed E-state index contributed by atoms with van der Waals surface area (Å²) < 4.78 is 13.1. The maximum Gasteiger partial charge on any atom is 0.165 e. The van der Waals surface area contributed by atoms with Crippen molar-refractivity contribution in [1.82, 2.24) is 14.8 Å². The lowest BCUT2D eigenvalue weighted by Gasteiger charge is -2.45. The Kier molecular flexibility index (Phi) is 4.42. The fourth-order valence-corrected chi connectivity index (χ4v) is 3.06. The second-order valence-corrected chi connectivity index (χ2v) is 6.73. The van der Waals surface area contributed by atoms with Gasteiger partial charge in [-0.1, -0.05) is 37.6 Å². The van der Waals surface area contributed by atoms with E-state index in [1.165, 1.54) is 0 Å². The molecule has 0 bridgehead atoms. The number of aliphatic hydroxyl groups is 1. The Morgan fingerprint density at radius 3 is 2.30 bits per heavy atom. The first-order chi connectivity index (χ1) is 10.9. The monoisotopic (exact) mass is 337 g/mol. The molecule has 2 aromatic rings. The van der Waals surface area contributed by atoms with E-state index in [1.54, 1.807) is 29.4 Å². The van der Waals surface area contributed by atoms with Gasteiger partial charge in [0.1, 0.15) is 18.3 Å². The van der Waals surface area contributed by atoms with Crippen LogP contribution >= 0.6 is 11.6 Å². The Balaban J connectivity index is 2.03. The number of hydrogen-bond acceptors (Lipinski definition) is 5. The van der Waals surface area contributed by atoms with Crippen LogP contribution in [0.3, 0.4) is 0 Å². The molecule has 1 N–H and O–H groups in total. The van der Waals surface area contributed by atoms with Crippen molar-refractivity contribution in [2.45, 2.75) is 32.3 Å². The molecule has 7 heteroatoms. The van der Waals surface area contributed by atoms with E-state index < -0.39 is 17.3 Å². The molecule has 124 valence electrons. The van der Waals surface area contributed by atoms with Crippen LogP contribution in [0.15, 0.2) is 36.9 Å². The minimum atomic E-state index is -1.25. The molecule has 0 amide bonds. The van der Waals surface area contributed by atoms with Gasteiger partial charge in [0.2, 0.25) is 0 Å². The van der Waals surface area contributed by atoms with Crippen LogP contribution in [0, 0.1) is 5.41 Å². The van der Waals surface area contributed by atoms with E-state index in [2.05, 4.69) is 10.2 Å². The summed E-state index contributed by atoms with van der Waals surface area (Å²) in [6.45, 7) is 5.19. The number of ether oxygens (including phenoxy) is 2. The smallest absolute Gasteiger partial charge is 0.165 e. The molecule has 0 aliphatic carbocycles. The second kappa shape index (κ2) is 6.20. The highest BCUT2D eigenvalue weighted by molar-refractivity contribution is 6.30. The van der Waals surface area contributed by atoms with Gasteiger partial charge in [0, 0.05) is 5.02 Å². The average Bonchev–Trinajstić information content (AvgIpc) is 3.21. The highest BCUT2D eigenvalue weighted by Crippen LogP contribution is 2.46. The zero-order valence-corrected chi connectivity index (χ0v) is 13.9. The summed E-state index contributed by atoms with van der Waals surface area (Å²) in [4.78, 5) is 0. The molecule has 0 spiro atoms. The summed E-state index contributed by atoms with van der Waals surface area (Å²) in [6, 6.07) is 7.17. The molecule has 1 unspecified atom stereocenters. The van der Waals surface area contributed by atoms with E-state index >= 15 is 0 Å². The Hall–Kier alpha value is -1.47. The van der Waals surface area contributed by atoms with Gasteiger partial charge in [0.05, 0.1) is 25.2 Å². The van der Waals surface area contributed by atoms with Crippen molar-refractivity contribution in [2.24, 2.45) is 5.41 Å². The van der Waals surface area contributed by atoms with Crippen LogP contribution in [0.5, 0.6) is 0 Å². The molecule has 1 saturated heterocycles. The predicted octanol–water partition coefficient (Wildman–Crippen LogP) is 2.22. The lowest BCUT2D eigenvalue weighted by Crippen LogP contribution is -2.52. The van der Waals surface area contributed by atoms with E-state index in [-0.39, 0.29) is 6.54 Å².